The Bertz CT molecular complexity index is 954. The predicted molar refractivity (Wildman–Crippen MR) is 106 cm³/mol. The highest BCUT2D eigenvalue weighted by Crippen LogP contribution is 2.21. The Labute approximate surface area is 163 Å². The van der Waals surface area contributed by atoms with E-state index < -0.39 is 0 Å². The molecule has 3 aromatic rings. The van der Waals surface area contributed by atoms with E-state index >= 15 is 0 Å². The van der Waals surface area contributed by atoms with Gasteiger partial charge in [-0.15, -0.1) is 0 Å². The number of pyridine rings is 1. The molecule has 0 saturated carbocycles. The summed E-state index contributed by atoms with van der Waals surface area (Å²) in [5, 5.41) is 7.33. The molecule has 0 radical (unpaired) electrons. The quantitative estimate of drug-likeness (QED) is 0.734. The molecule has 28 heavy (non-hydrogen) atoms. The Morgan fingerprint density at radius 2 is 2.14 bits per heavy atom. The second kappa shape index (κ2) is 7.75. The smallest absolute Gasteiger partial charge is 0.254 e. The predicted octanol–water partition coefficient (Wildman–Crippen LogP) is 2.32. The van der Waals surface area contributed by atoms with E-state index in [1.165, 1.54) is 0 Å². The molecular formula is C20H23N7O. The molecule has 8 nitrogen and oxygen atoms in total. The van der Waals surface area contributed by atoms with Crippen molar-refractivity contribution in [3.63, 3.8) is 0 Å². The van der Waals surface area contributed by atoms with Crippen molar-refractivity contribution < 1.29 is 4.79 Å². The molecule has 1 N–H and O–H groups in total. The summed E-state index contributed by atoms with van der Waals surface area (Å²) >= 11 is 0. The fourth-order valence-electron chi connectivity index (χ4n) is 3.24. The van der Waals surface area contributed by atoms with Crippen molar-refractivity contribution in [1.29, 1.82) is 0 Å². The van der Waals surface area contributed by atoms with Gasteiger partial charge in [0.1, 0.15) is 0 Å². The highest BCUT2D eigenvalue weighted by molar-refractivity contribution is 5.94. The fourth-order valence-corrected chi connectivity index (χ4v) is 3.24. The van der Waals surface area contributed by atoms with Crippen molar-refractivity contribution in [1.82, 2.24) is 30.0 Å². The molecule has 4 heterocycles. The van der Waals surface area contributed by atoms with Gasteiger partial charge in [0.25, 0.3) is 5.91 Å². The Morgan fingerprint density at radius 3 is 2.89 bits per heavy atom. The minimum Gasteiger partial charge on any atom is -0.347 e. The molecule has 0 spiro atoms. The summed E-state index contributed by atoms with van der Waals surface area (Å²) in [5.74, 6) is 0.578. The summed E-state index contributed by atoms with van der Waals surface area (Å²) < 4.78 is 1.79. The number of rotatable bonds is 5. The first-order valence-corrected chi connectivity index (χ1v) is 9.43. The average molecular weight is 377 g/mol. The van der Waals surface area contributed by atoms with Gasteiger partial charge in [-0.05, 0) is 38.5 Å². The monoisotopic (exact) mass is 377 g/mol. The summed E-state index contributed by atoms with van der Waals surface area (Å²) in [6, 6.07) is 6.03. The van der Waals surface area contributed by atoms with Crippen LogP contribution < -0.4 is 10.2 Å². The second-order valence-electron chi connectivity index (χ2n) is 7.19. The zero-order valence-electron chi connectivity index (χ0n) is 16.0. The molecule has 1 atom stereocenters. The van der Waals surface area contributed by atoms with Gasteiger partial charge in [0.05, 0.1) is 17.5 Å². The van der Waals surface area contributed by atoms with E-state index in [0.717, 1.165) is 24.2 Å². The lowest BCUT2D eigenvalue weighted by Crippen LogP contribution is -2.37. The molecule has 0 aromatic carbocycles. The van der Waals surface area contributed by atoms with Gasteiger partial charge in [-0.25, -0.2) is 9.97 Å². The van der Waals surface area contributed by atoms with Gasteiger partial charge in [0.2, 0.25) is 5.95 Å². The van der Waals surface area contributed by atoms with Crippen LogP contribution in [0, 0.1) is 0 Å². The topological polar surface area (TPSA) is 88.8 Å². The molecule has 0 bridgehead atoms. The van der Waals surface area contributed by atoms with E-state index in [0.29, 0.717) is 18.1 Å². The van der Waals surface area contributed by atoms with Gasteiger partial charge in [-0.1, -0.05) is 0 Å². The maximum Gasteiger partial charge on any atom is 0.254 e. The highest BCUT2D eigenvalue weighted by Gasteiger charge is 2.26. The zero-order chi connectivity index (χ0) is 19.5. The van der Waals surface area contributed by atoms with Crippen molar-refractivity contribution in [3.8, 4) is 11.3 Å². The molecule has 0 aliphatic carbocycles. The Balaban J connectivity index is 1.41. The first-order chi connectivity index (χ1) is 13.6. The van der Waals surface area contributed by atoms with Crippen molar-refractivity contribution in [3.05, 3.63) is 54.7 Å². The second-order valence-corrected chi connectivity index (χ2v) is 7.19. The van der Waals surface area contributed by atoms with Crippen LogP contribution in [0.2, 0.25) is 0 Å². The van der Waals surface area contributed by atoms with Crippen LogP contribution in [0.4, 0.5) is 5.95 Å². The standard InChI is InChI=1S/C20H23N7O/c1-14(2)27-12-16(11-23-27)19(28)24-17-6-9-26(13-17)20-22-8-5-18(25-20)15-4-3-7-21-10-15/h3-5,7-8,10-12,14,17H,6,9,13H2,1-2H3,(H,24,28). The van der Waals surface area contributed by atoms with Crippen molar-refractivity contribution in [2.24, 2.45) is 0 Å². The Morgan fingerprint density at radius 1 is 1.25 bits per heavy atom. The van der Waals surface area contributed by atoms with Crippen molar-refractivity contribution in [2.75, 3.05) is 18.0 Å². The number of nitrogens with zero attached hydrogens (tertiary/aromatic N) is 6. The minimum atomic E-state index is -0.0937. The van der Waals surface area contributed by atoms with Crippen molar-refractivity contribution in [2.45, 2.75) is 32.4 Å². The fraction of sp³-hybridized carbons (Fsp3) is 0.350. The number of carbonyl (C=O) groups excluding carboxylic acids is 1. The number of hydrogen-bond acceptors (Lipinski definition) is 6. The number of anilines is 1. The Hall–Kier alpha value is -3.29. The number of carbonyl (C=O) groups is 1. The summed E-state index contributed by atoms with van der Waals surface area (Å²) in [6.07, 6.45) is 9.54. The number of aromatic nitrogens is 5. The molecule has 1 saturated heterocycles. The molecule has 8 heteroatoms. The van der Waals surface area contributed by atoms with Crippen LogP contribution >= 0.6 is 0 Å². The van der Waals surface area contributed by atoms with Gasteiger partial charge >= 0.3 is 0 Å². The maximum atomic E-state index is 12.5. The summed E-state index contributed by atoms with van der Waals surface area (Å²) in [4.78, 5) is 27.8. The van der Waals surface area contributed by atoms with E-state index in [1.807, 2.05) is 32.0 Å². The molecule has 1 aliphatic heterocycles. The van der Waals surface area contributed by atoms with Crippen LogP contribution in [0.3, 0.4) is 0 Å². The molecule has 1 unspecified atom stereocenters. The number of nitrogens with one attached hydrogen (secondary N) is 1. The van der Waals surface area contributed by atoms with Crippen LogP contribution in [0.5, 0.6) is 0 Å². The van der Waals surface area contributed by atoms with Crippen molar-refractivity contribution >= 4 is 11.9 Å². The van der Waals surface area contributed by atoms with E-state index in [-0.39, 0.29) is 18.0 Å². The van der Waals surface area contributed by atoms with Crippen LogP contribution in [-0.2, 0) is 0 Å². The van der Waals surface area contributed by atoms with E-state index in [4.69, 9.17) is 0 Å². The lowest BCUT2D eigenvalue weighted by molar-refractivity contribution is 0.0940. The van der Waals surface area contributed by atoms with Crippen LogP contribution in [0.25, 0.3) is 11.3 Å². The van der Waals surface area contributed by atoms with E-state index in [9.17, 15) is 4.79 Å². The first-order valence-electron chi connectivity index (χ1n) is 9.43. The Kier molecular flexibility index (Phi) is 5.01. The molecule has 3 aromatic heterocycles. The summed E-state index contributed by atoms with van der Waals surface area (Å²) in [5.41, 5.74) is 2.38. The minimum absolute atomic E-state index is 0.0561. The highest BCUT2D eigenvalue weighted by atomic mass is 16.1. The first kappa shape index (κ1) is 18.1. The SMILES string of the molecule is CC(C)n1cc(C(=O)NC2CCN(c3nccc(-c4cccnc4)n3)C2)cn1. The van der Waals surface area contributed by atoms with Gasteiger partial charge in [-0.3, -0.25) is 14.5 Å². The molecule has 1 aliphatic rings. The maximum absolute atomic E-state index is 12.5. The summed E-state index contributed by atoms with van der Waals surface area (Å²) in [6.45, 7) is 5.54. The third-order valence-corrected chi connectivity index (χ3v) is 4.80. The normalized spacial score (nSPS) is 16.5. The lowest BCUT2D eigenvalue weighted by atomic mass is 10.2. The molecule has 4 rings (SSSR count). The number of hydrogen-bond donors (Lipinski definition) is 1. The van der Waals surface area contributed by atoms with Crippen LogP contribution in [-0.4, -0.2) is 49.8 Å². The largest absolute Gasteiger partial charge is 0.347 e. The van der Waals surface area contributed by atoms with E-state index in [2.05, 4.69) is 30.3 Å². The van der Waals surface area contributed by atoms with Gasteiger partial charge in [0.15, 0.2) is 0 Å². The molecule has 144 valence electrons. The zero-order valence-corrected chi connectivity index (χ0v) is 16.0. The molecular weight excluding hydrogens is 354 g/mol. The van der Waals surface area contributed by atoms with Gasteiger partial charge in [-0.2, -0.15) is 5.10 Å². The average Bonchev–Trinajstić information content (AvgIpc) is 3.39. The van der Waals surface area contributed by atoms with Gasteiger partial charge in [0, 0.05) is 55.5 Å². The third-order valence-electron chi connectivity index (χ3n) is 4.80. The summed E-state index contributed by atoms with van der Waals surface area (Å²) in [7, 11) is 0. The lowest BCUT2D eigenvalue weighted by Gasteiger charge is -2.17. The molecule has 1 fully saturated rings. The van der Waals surface area contributed by atoms with Gasteiger partial charge < -0.3 is 10.2 Å². The van der Waals surface area contributed by atoms with Crippen LogP contribution in [0.1, 0.15) is 36.7 Å². The third kappa shape index (κ3) is 3.85. The van der Waals surface area contributed by atoms with E-state index in [1.54, 1.807) is 35.7 Å². The molecule has 1 amide bonds. The van der Waals surface area contributed by atoms with Crippen LogP contribution in [0.15, 0.2) is 49.2 Å². The number of amides is 1.